The van der Waals surface area contributed by atoms with Crippen molar-refractivity contribution in [2.45, 2.75) is 52.1 Å². The molecule has 0 amide bonds. The maximum atomic E-state index is 12.1. The summed E-state index contributed by atoms with van der Waals surface area (Å²) in [5, 5.41) is 9.07. The molecule has 1 aromatic rings. The molecule has 0 heterocycles. The first-order valence-corrected chi connectivity index (χ1v) is 7.13. The molecule has 0 saturated heterocycles. The molecule has 0 bridgehead atoms. The van der Waals surface area contributed by atoms with Gasteiger partial charge in [-0.05, 0) is 31.4 Å². The standard InChI is InChI=1S/C16H22O4/c1-3-5-6-9-12(4-2)20-16(19)14-11-8-7-10-13(14)15(17)18/h7-8,10-12H,3-6,9H2,1-2H3,(H,17,18)/t12-/m0/s1. The molecule has 0 aliphatic rings. The number of aromatic carboxylic acids is 1. The number of carboxylic acid groups (broad SMARTS) is 1. The molecule has 0 radical (unpaired) electrons. The molecule has 0 aromatic heterocycles. The Morgan fingerprint density at radius 3 is 2.35 bits per heavy atom. The summed E-state index contributed by atoms with van der Waals surface area (Å²) in [5.74, 6) is -1.66. The molecule has 4 nitrogen and oxygen atoms in total. The van der Waals surface area contributed by atoms with Crippen LogP contribution in [0.15, 0.2) is 24.3 Å². The fourth-order valence-corrected chi connectivity index (χ4v) is 2.03. The number of hydrogen-bond acceptors (Lipinski definition) is 3. The van der Waals surface area contributed by atoms with Gasteiger partial charge < -0.3 is 9.84 Å². The van der Waals surface area contributed by atoms with Gasteiger partial charge >= 0.3 is 11.9 Å². The molecule has 1 N–H and O–H groups in total. The number of carbonyl (C=O) groups excluding carboxylic acids is 1. The van der Waals surface area contributed by atoms with Crippen LogP contribution >= 0.6 is 0 Å². The van der Waals surface area contributed by atoms with Crippen LogP contribution in [0.3, 0.4) is 0 Å². The van der Waals surface area contributed by atoms with Gasteiger partial charge in [0.1, 0.15) is 6.10 Å². The molecule has 1 aromatic carbocycles. The van der Waals surface area contributed by atoms with Gasteiger partial charge in [-0.2, -0.15) is 0 Å². The first-order chi connectivity index (χ1) is 9.60. The van der Waals surface area contributed by atoms with Crippen LogP contribution in [-0.2, 0) is 4.74 Å². The fourth-order valence-electron chi connectivity index (χ4n) is 2.03. The molecule has 1 atom stereocenters. The van der Waals surface area contributed by atoms with E-state index < -0.39 is 11.9 Å². The van der Waals surface area contributed by atoms with Crippen molar-refractivity contribution in [3.63, 3.8) is 0 Å². The van der Waals surface area contributed by atoms with Gasteiger partial charge in [-0.3, -0.25) is 0 Å². The van der Waals surface area contributed by atoms with E-state index in [2.05, 4.69) is 6.92 Å². The molecule has 0 fully saturated rings. The average Bonchev–Trinajstić information content (AvgIpc) is 2.46. The number of rotatable bonds is 8. The highest BCUT2D eigenvalue weighted by atomic mass is 16.5. The fraction of sp³-hybridized carbons (Fsp3) is 0.500. The third-order valence-electron chi connectivity index (χ3n) is 3.24. The Hall–Kier alpha value is -1.84. The number of unbranched alkanes of at least 4 members (excludes halogenated alkanes) is 2. The maximum Gasteiger partial charge on any atom is 0.339 e. The maximum absolute atomic E-state index is 12.1. The lowest BCUT2D eigenvalue weighted by molar-refractivity contribution is 0.0262. The van der Waals surface area contributed by atoms with E-state index in [1.165, 1.54) is 12.1 Å². The SMILES string of the molecule is CCCCC[C@H](CC)OC(=O)c1ccccc1C(=O)O. The number of ether oxygens (including phenoxy) is 1. The summed E-state index contributed by atoms with van der Waals surface area (Å²) >= 11 is 0. The highest BCUT2D eigenvalue weighted by Gasteiger charge is 2.19. The van der Waals surface area contributed by atoms with Gasteiger partial charge in [-0.15, -0.1) is 0 Å². The molecule has 110 valence electrons. The van der Waals surface area contributed by atoms with Crippen LogP contribution in [0.1, 0.15) is 66.7 Å². The van der Waals surface area contributed by atoms with Crippen molar-refractivity contribution >= 4 is 11.9 Å². The Kier molecular flexibility index (Phi) is 6.77. The predicted molar refractivity (Wildman–Crippen MR) is 77.0 cm³/mol. The molecule has 0 saturated carbocycles. The number of carboxylic acids is 1. The van der Waals surface area contributed by atoms with Crippen LogP contribution in [0.5, 0.6) is 0 Å². The number of esters is 1. The lowest BCUT2D eigenvalue weighted by Crippen LogP contribution is -2.19. The Morgan fingerprint density at radius 2 is 1.80 bits per heavy atom. The normalized spacial score (nSPS) is 11.9. The summed E-state index contributed by atoms with van der Waals surface area (Å²) in [6, 6.07) is 6.14. The topological polar surface area (TPSA) is 63.6 Å². The van der Waals surface area contributed by atoms with E-state index in [1.54, 1.807) is 12.1 Å². The van der Waals surface area contributed by atoms with Gasteiger partial charge in [0.05, 0.1) is 11.1 Å². The van der Waals surface area contributed by atoms with Crippen LogP contribution in [0.25, 0.3) is 0 Å². The average molecular weight is 278 g/mol. The van der Waals surface area contributed by atoms with E-state index in [1.807, 2.05) is 6.92 Å². The van der Waals surface area contributed by atoms with Crippen molar-refractivity contribution in [1.82, 2.24) is 0 Å². The van der Waals surface area contributed by atoms with Gasteiger partial charge in [0.15, 0.2) is 0 Å². The van der Waals surface area contributed by atoms with Crippen LogP contribution < -0.4 is 0 Å². The van der Waals surface area contributed by atoms with Crippen molar-refractivity contribution in [1.29, 1.82) is 0 Å². The second kappa shape index (κ2) is 8.35. The van der Waals surface area contributed by atoms with Gasteiger partial charge in [-0.1, -0.05) is 38.8 Å². The summed E-state index contributed by atoms with van der Waals surface area (Å²) in [6.45, 7) is 4.09. The Morgan fingerprint density at radius 1 is 1.15 bits per heavy atom. The van der Waals surface area contributed by atoms with E-state index in [4.69, 9.17) is 9.84 Å². The summed E-state index contributed by atoms with van der Waals surface area (Å²) in [4.78, 5) is 23.2. The number of hydrogen-bond donors (Lipinski definition) is 1. The molecule has 0 spiro atoms. The summed E-state index contributed by atoms with van der Waals surface area (Å²) in [6.07, 6.45) is 4.67. The molecular weight excluding hydrogens is 256 g/mol. The first-order valence-electron chi connectivity index (χ1n) is 7.13. The lowest BCUT2D eigenvalue weighted by atomic mass is 10.1. The van der Waals surface area contributed by atoms with Crippen molar-refractivity contribution in [2.24, 2.45) is 0 Å². The monoisotopic (exact) mass is 278 g/mol. The smallest absolute Gasteiger partial charge is 0.339 e. The van der Waals surface area contributed by atoms with Gasteiger partial charge in [-0.25, -0.2) is 9.59 Å². The molecular formula is C16H22O4. The van der Waals surface area contributed by atoms with E-state index in [-0.39, 0.29) is 17.2 Å². The minimum absolute atomic E-state index is 0.0130. The zero-order chi connectivity index (χ0) is 15.0. The third kappa shape index (κ3) is 4.68. The van der Waals surface area contributed by atoms with Gasteiger partial charge in [0, 0.05) is 0 Å². The summed E-state index contributed by atoms with van der Waals surface area (Å²) in [5.41, 5.74) is 0.106. The summed E-state index contributed by atoms with van der Waals surface area (Å²) < 4.78 is 5.42. The highest BCUT2D eigenvalue weighted by Crippen LogP contribution is 2.15. The van der Waals surface area contributed by atoms with Gasteiger partial charge in [0.2, 0.25) is 0 Å². The second-order valence-electron chi connectivity index (χ2n) is 4.78. The predicted octanol–water partition coefficient (Wildman–Crippen LogP) is 3.90. The Balaban J connectivity index is 2.72. The number of benzene rings is 1. The minimum Gasteiger partial charge on any atom is -0.478 e. The van der Waals surface area contributed by atoms with Crippen molar-refractivity contribution in [3.8, 4) is 0 Å². The van der Waals surface area contributed by atoms with E-state index in [0.29, 0.717) is 0 Å². The van der Waals surface area contributed by atoms with Crippen LogP contribution in [0.4, 0.5) is 0 Å². The molecule has 0 aliphatic carbocycles. The molecule has 0 aliphatic heterocycles. The van der Waals surface area contributed by atoms with Crippen molar-refractivity contribution in [2.75, 3.05) is 0 Å². The molecule has 20 heavy (non-hydrogen) atoms. The summed E-state index contributed by atoms with van der Waals surface area (Å²) in [7, 11) is 0. The minimum atomic E-state index is -1.11. The molecule has 0 unspecified atom stereocenters. The molecule has 1 rings (SSSR count). The van der Waals surface area contributed by atoms with Gasteiger partial charge in [0.25, 0.3) is 0 Å². The Bertz CT molecular complexity index is 454. The van der Waals surface area contributed by atoms with E-state index in [9.17, 15) is 9.59 Å². The first kappa shape index (κ1) is 16.2. The zero-order valence-corrected chi connectivity index (χ0v) is 12.1. The second-order valence-corrected chi connectivity index (χ2v) is 4.78. The van der Waals surface area contributed by atoms with Crippen LogP contribution in [-0.4, -0.2) is 23.1 Å². The third-order valence-corrected chi connectivity index (χ3v) is 3.24. The van der Waals surface area contributed by atoms with E-state index >= 15 is 0 Å². The largest absolute Gasteiger partial charge is 0.478 e. The quantitative estimate of drug-likeness (QED) is 0.578. The Labute approximate surface area is 119 Å². The van der Waals surface area contributed by atoms with Crippen molar-refractivity contribution in [3.05, 3.63) is 35.4 Å². The highest BCUT2D eigenvalue weighted by molar-refractivity contribution is 6.02. The van der Waals surface area contributed by atoms with Crippen LogP contribution in [0, 0.1) is 0 Å². The lowest BCUT2D eigenvalue weighted by Gasteiger charge is -2.16. The molecule has 4 heteroatoms. The van der Waals surface area contributed by atoms with E-state index in [0.717, 1.165) is 32.1 Å². The zero-order valence-electron chi connectivity index (χ0n) is 12.1. The van der Waals surface area contributed by atoms with Crippen molar-refractivity contribution < 1.29 is 19.4 Å². The van der Waals surface area contributed by atoms with Crippen LogP contribution in [0.2, 0.25) is 0 Å². The number of carbonyl (C=O) groups is 2.